The fourth-order valence-electron chi connectivity index (χ4n) is 0.518. The fraction of sp³-hybridized carbons (Fsp3) is 0.667. The third kappa shape index (κ3) is 7.56. The first-order valence-electron chi connectivity index (χ1n) is 3.65. The lowest BCUT2D eigenvalue weighted by Crippen LogP contribution is -1.68. The van der Waals surface area contributed by atoms with E-state index in [0.717, 1.165) is 19.3 Å². The summed E-state index contributed by atoms with van der Waals surface area (Å²) >= 11 is 0. The van der Waals surface area contributed by atoms with E-state index < -0.39 is 0 Å². The van der Waals surface area contributed by atoms with Crippen LogP contribution in [0.2, 0.25) is 0 Å². The molecule has 0 aromatic heterocycles. The van der Waals surface area contributed by atoms with E-state index in [4.69, 9.17) is 0 Å². The van der Waals surface area contributed by atoms with E-state index in [1.54, 1.807) is 0 Å². The second-order valence-corrected chi connectivity index (χ2v) is 2.05. The van der Waals surface area contributed by atoms with Gasteiger partial charge in [-0.05, 0) is 19.3 Å². The van der Waals surface area contributed by atoms with Crippen molar-refractivity contribution < 1.29 is 0 Å². The van der Waals surface area contributed by atoms with E-state index in [2.05, 4.69) is 32.1 Å². The van der Waals surface area contributed by atoms with Crippen LogP contribution in [0.1, 0.15) is 39.5 Å². The van der Waals surface area contributed by atoms with Crippen molar-refractivity contribution in [1.82, 2.24) is 0 Å². The van der Waals surface area contributed by atoms with Gasteiger partial charge in [0.2, 0.25) is 0 Å². The topological polar surface area (TPSA) is 0 Å². The molecule has 51 valence electrons. The molecule has 0 atom stereocenters. The predicted molar refractivity (Wildman–Crippen MR) is 41.9 cm³/mol. The van der Waals surface area contributed by atoms with Crippen LogP contribution in [0.15, 0.2) is 0 Å². The molecule has 0 bridgehead atoms. The van der Waals surface area contributed by atoms with Crippen molar-refractivity contribution in [3.8, 4) is 11.8 Å². The molecule has 1 radical (unpaired) electrons. The van der Waals surface area contributed by atoms with Crippen LogP contribution in [0.4, 0.5) is 0 Å². The largest absolute Gasteiger partial charge is 0.103 e. The lowest BCUT2D eigenvalue weighted by Gasteiger charge is -1.82. The molecule has 0 aliphatic heterocycles. The van der Waals surface area contributed by atoms with Crippen LogP contribution < -0.4 is 0 Å². The highest BCUT2D eigenvalue weighted by Gasteiger charge is 1.75. The molecule has 0 unspecified atom stereocenters. The van der Waals surface area contributed by atoms with Gasteiger partial charge in [-0.25, -0.2) is 0 Å². The number of rotatable bonds is 3. The van der Waals surface area contributed by atoms with Crippen molar-refractivity contribution in [3.05, 3.63) is 6.42 Å². The molecule has 0 heterocycles. The summed E-state index contributed by atoms with van der Waals surface area (Å²) < 4.78 is 0. The van der Waals surface area contributed by atoms with Crippen LogP contribution in [0.5, 0.6) is 0 Å². The van der Waals surface area contributed by atoms with Gasteiger partial charge in [-0.15, -0.1) is 11.8 Å². The second-order valence-electron chi connectivity index (χ2n) is 2.05. The Hall–Kier alpha value is -0.440. The molecular formula is C9H15. The zero-order valence-electron chi connectivity index (χ0n) is 6.41. The smallest absolute Gasteiger partial charge is 0.00913 e. The van der Waals surface area contributed by atoms with Crippen molar-refractivity contribution in [2.24, 2.45) is 0 Å². The summed E-state index contributed by atoms with van der Waals surface area (Å²) in [5.41, 5.74) is 0. The van der Waals surface area contributed by atoms with Crippen molar-refractivity contribution in [3.63, 3.8) is 0 Å². The van der Waals surface area contributed by atoms with Crippen LogP contribution in [0.25, 0.3) is 0 Å². The SMILES string of the molecule is C[CH]CCC#CCCC. The summed E-state index contributed by atoms with van der Waals surface area (Å²) in [7, 11) is 0. The summed E-state index contributed by atoms with van der Waals surface area (Å²) in [6.45, 7) is 4.22. The second kappa shape index (κ2) is 7.56. The number of hydrogen-bond acceptors (Lipinski definition) is 0. The highest BCUT2D eigenvalue weighted by molar-refractivity contribution is 4.98. The molecule has 0 fully saturated rings. The monoisotopic (exact) mass is 123 g/mol. The normalized spacial score (nSPS) is 8.22. The average molecular weight is 123 g/mol. The summed E-state index contributed by atoms with van der Waals surface area (Å²) in [6.07, 6.45) is 6.57. The minimum absolute atomic E-state index is 1.04. The molecule has 0 aromatic carbocycles. The van der Waals surface area contributed by atoms with Crippen LogP contribution in [0, 0.1) is 18.3 Å². The highest BCUT2D eigenvalue weighted by atomic mass is 13.8. The van der Waals surface area contributed by atoms with Crippen LogP contribution in [-0.4, -0.2) is 0 Å². The lowest BCUT2D eigenvalue weighted by atomic mass is 10.2. The minimum atomic E-state index is 1.04. The summed E-state index contributed by atoms with van der Waals surface area (Å²) in [6, 6.07) is 0. The molecule has 0 aliphatic rings. The molecule has 9 heavy (non-hydrogen) atoms. The molecular weight excluding hydrogens is 108 g/mol. The molecule has 0 rings (SSSR count). The van der Waals surface area contributed by atoms with Crippen molar-refractivity contribution in [2.75, 3.05) is 0 Å². The Kier molecular flexibility index (Phi) is 7.19. The molecule has 0 saturated carbocycles. The van der Waals surface area contributed by atoms with E-state index >= 15 is 0 Å². The van der Waals surface area contributed by atoms with Crippen molar-refractivity contribution in [1.29, 1.82) is 0 Å². The maximum absolute atomic E-state index is 3.11. The summed E-state index contributed by atoms with van der Waals surface area (Å²) in [5.74, 6) is 6.21. The molecule has 0 N–H and O–H groups in total. The first-order chi connectivity index (χ1) is 4.41. The Morgan fingerprint density at radius 1 is 1.22 bits per heavy atom. The van der Waals surface area contributed by atoms with Gasteiger partial charge in [-0.2, -0.15) is 0 Å². The van der Waals surface area contributed by atoms with Gasteiger partial charge < -0.3 is 0 Å². The number of hydrogen-bond donors (Lipinski definition) is 0. The Balaban J connectivity index is 2.96. The van der Waals surface area contributed by atoms with Gasteiger partial charge >= 0.3 is 0 Å². The molecule has 0 saturated heterocycles. The molecule has 0 amide bonds. The van der Waals surface area contributed by atoms with E-state index in [0.29, 0.717) is 0 Å². The van der Waals surface area contributed by atoms with Crippen molar-refractivity contribution in [2.45, 2.75) is 39.5 Å². The quantitative estimate of drug-likeness (QED) is 0.400. The van der Waals surface area contributed by atoms with Gasteiger partial charge in [0, 0.05) is 12.8 Å². The van der Waals surface area contributed by atoms with Gasteiger partial charge in [0.1, 0.15) is 0 Å². The highest BCUT2D eigenvalue weighted by Crippen LogP contribution is 1.90. The minimum Gasteiger partial charge on any atom is -0.103 e. The van der Waals surface area contributed by atoms with Gasteiger partial charge in [-0.1, -0.05) is 13.8 Å². The summed E-state index contributed by atoms with van der Waals surface area (Å²) in [4.78, 5) is 0. The average Bonchev–Trinajstić information content (AvgIpc) is 1.89. The first kappa shape index (κ1) is 8.56. The van der Waals surface area contributed by atoms with Crippen molar-refractivity contribution >= 4 is 0 Å². The Bertz CT molecular complexity index is 92.3. The van der Waals surface area contributed by atoms with Crippen LogP contribution >= 0.6 is 0 Å². The number of unbranched alkanes of at least 4 members (excludes halogenated alkanes) is 3. The molecule has 0 heteroatoms. The molecule has 0 aromatic rings. The van der Waals surface area contributed by atoms with E-state index in [1.165, 1.54) is 6.42 Å². The van der Waals surface area contributed by atoms with E-state index in [-0.39, 0.29) is 0 Å². The van der Waals surface area contributed by atoms with Gasteiger partial charge in [0.15, 0.2) is 0 Å². The maximum atomic E-state index is 3.11. The Labute approximate surface area is 58.7 Å². The lowest BCUT2D eigenvalue weighted by molar-refractivity contribution is 0.967. The van der Waals surface area contributed by atoms with Crippen LogP contribution in [0.3, 0.4) is 0 Å². The third-order valence-electron chi connectivity index (χ3n) is 1.06. The third-order valence-corrected chi connectivity index (χ3v) is 1.06. The van der Waals surface area contributed by atoms with Gasteiger partial charge in [0.25, 0.3) is 0 Å². The standard InChI is InChI=1S/C9H15/c1-3-5-7-9-8-6-4-2/h3H,4-7H2,1-2H3. The fourth-order valence-corrected chi connectivity index (χ4v) is 0.518. The zero-order valence-corrected chi connectivity index (χ0v) is 6.41. The predicted octanol–water partition coefficient (Wildman–Crippen LogP) is 2.79. The first-order valence-corrected chi connectivity index (χ1v) is 3.65. The maximum Gasteiger partial charge on any atom is 0.00913 e. The van der Waals surface area contributed by atoms with Gasteiger partial charge in [-0.3, -0.25) is 0 Å². The Morgan fingerprint density at radius 3 is 2.44 bits per heavy atom. The zero-order chi connectivity index (χ0) is 6.95. The molecule has 0 aliphatic carbocycles. The molecule has 0 nitrogen and oxygen atoms in total. The van der Waals surface area contributed by atoms with E-state index in [1.807, 2.05) is 0 Å². The summed E-state index contributed by atoms with van der Waals surface area (Å²) in [5, 5.41) is 0. The van der Waals surface area contributed by atoms with Gasteiger partial charge in [0.05, 0.1) is 0 Å². The molecule has 0 spiro atoms. The van der Waals surface area contributed by atoms with E-state index in [9.17, 15) is 0 Å². The van der Waals surface area contributed by atoms with Crippen LogP contribution in [-0.2, 0) is 0 Å². The Morgan fingerprint density at radius 2 is 1.89 bits per heavy atom.